The van der Waals surface area contributed by atoms with Crippen LogP contribution in [0.5, 0.6) is 0 Å². The van der Waals surface area contributed by atoms with E-state index in [1.807, 2.05) is 11.5 Å². The minimum Gasteiger partial charge on any atom is -0.334 e. The van der Waals surface area contributed by atoms with E-state index in [2.05, 4.69) is 17.2 Å². The van der Waals surface area contributed by atoms with Gasteiger partial charge in [0, 0.05) is 26.3 Å². The molecule has 0 radical (unpaired) electrons. The highest BCUT2D eigenvalue weighted by Crippen LogP contribution is 2.19. The number of hydrogen-bond acceptors (Lipinski definition) is 4. The summed E-state index contributed by atoms with van der Waals surface area (Å²) in [5, 5.41) is 3.47. The van der Waals surface area contributed by atoms with Gasteiger partial charge in [0.05, 0.1) is 0 Å². The fourth-order valence-electron chi connectivity index (χ4n) is 2.76. The van der Waals surface area contributed by atoms with Crippen LogP contribution in [0.2, 0.25) is 0 Å². The van der Waals surface area contributed by atoms with E-state index >= 15 is 0 Å². The van der Waals surface area contributed by atoms with Crippen LogP contribution in [-0.4, -0.2) is 49.0 Å². The van der Waals surface area contributed by atoms with Crippen LogP contribution in [0.4, 0.5) is 0 Å². The van der Waals surface area contributed by atoms with Crippen molar-refractivity contribution in [3.05, 3.63) is 12.0 Å². The number of sulfonamides is 1. The molecule has 1 fully saturated rings. The van der Waals surface area contributed by atoms with Crippen LogP contribution in [0, 0.1) is 12.8 Å². The molecule has 1 N–H and O–H groups in total. The smallest absolute Gasteiger partial charge is 0.261 e. The van der Waals surface area contributed by atoms with Gasteiger partial charge in [-0.3, -0.25) is 0 Å². The van der Waals surface area contributed by atoms with Gasteiger partial charge in [0.1, 0.15) is 5.82 Å². The fourth-order valence-corrected chi connectivity index (χ4v) is 3.99. The number of nitrogens with one attached hydrogen (secondary N) is 1. The fraction of sp³-hybridized carbons (Fsp3) is 0.786. The van der Waals surface area contributed by atoms with Crippen molar-refractivity contribution in [2.45, 2.75) is 44.7 Å². The van der Waals surface area contributed by atoms with Crippen LogP contribution in [0.15, 0.2) is 11.2 Å². The largest absolute Gasteiger partial charge is 0.334 e. The van der Waals surface area contributed by atoms with Gasteiger partial charge in [-0.05, 0) is 45.2 Å². The van der Waals surface area contributed by atoms with Gasteiger partial charge in [-0.1, -0.05) is 6.92 Å². The summed E-state index contributed by atoms with van der Waals surface area (Å²) >= 11 is 0. The first kappa shape index (κ1) is 16.5. The van der Waals surface area contributed by atoms with Gasteiger partial charge in [0.2, 0.25) is 0 Å². The summed E-state index contributed by atoms with van der Waals surface area (Å²) in [5.41, 5.74) is 0. The monoisotopic (exact) mass is 314 g/mol. The van der Waals surface area contributed by atoms with Crippen molar-refractivity contribution in [1.29, 1.82) is 0 Å². The predicted octanol–water partition coefficient (Wildman–Crippen LogP) is 1.22. The van der Waals surface area contributed by atoms with Crippen molar-refractivity contribution < 1.29 is 8.42 Å². The Balaban J connectivity index is 2.10. The van der Waals surface area contributed by atoms with E-state index in [-0.39, 0.29) is 5.03 Å². The molecule has 0 aromatic carbocycles. The lowest BCUT2D eigenvalue weighted by molar-refractivity contribution is 0.310. The normalized spacial score (nSPS) is 17.5. The van der Waals surface area contributed by atoms with Gasteiger partial charge < -0.3 is 9.88 Å². The summed E-state index contributed by atoms with van der Waals surface area (Å²) in [6.07, 6.45) is 4.68. The quantitative estimate of drug-likeness (QED) is 0.857. The lowest BCUT2D eigenvalue weighted by Gasteiger charge is -2.26. The third-order valence-electron chi connectivity index (χ3n) is 4.07. The Morgan fingerprint density at radius 1 is 1.43 bits per heavy atom. The summed E-state index contributed by atoms with van der Waals surface area (Å²) in [7, 11) is -1.82. The van der Waals surface area contributed by atoms with Crippen LogP contribution in [0.1, 0.15) is 32.0 Å². The molecule has 2 rings (SSSR count). The maximum atomic E-state index is 12.6. The van der Waals surface area contributed by atoms with Gasteiger partial charge in [0.15, 0.2) is 5.03 Å². The Labute approximate surface area is 127 Å². The second kappa shape index (κ2) is 6.89. The van der Waals surface area contributed by atoms with Crippen molar-refractivity contribution in [1.82, 2.24) is 19.2 Å². The molecular weight excluding hydrogens is 288 g/mol. The minimum absolute atomic E-state index is 0.171. The second-order valence-electron chi connectivity index (χ2n) is 5.80. The molecule has 1 aromatic rings. The zero-order valence-electron chi connectivity index (χ0n) is 13.2. The van der Waals surface area contributed by atoms with E-state index in [9.17, 15) is 8.42 Å². The minimum atomic E-state index is -3.48. The molecule has 1 aliphatic heterocycles. The molecule has 0 spiro atoms. The van der Waals surface area contributed by atoms with Crippen LogP contribution in [0.25, 0.3) is 0 Å². The van der Waals surface area contributed by atoms with Crippen molar-refractivity contribution >= 4 is 10.0 Å². The highest BCUT2D eigenvalue weighted by Gasteiger charge is 2.27. The summed E-state index contributed by atoms with van der Waals surface area (Å²) in [4.78, 5) is 4.24. The van der Waals surface area contributed by atoms with E-state index < -0.39 is 10.0 Å². The Hall–Kier alpha value is -0.920. The molecule has 120 valence electrons. The Morgan fingerprint density at radius 2 is 2.10 bits per heavy atom. The SMILES string of the molecule is CCCn1cc(S(=O)(=O)N(C)CC2CCNCC2)nc1C. The van der Waals surface area contributed by atoms with Gasteiger partial charge in [-0.2, -0.15) is 4.31 Å². The standard InChI is InChI=1S/C14H26N4O2S/c1-4-9-18-11-14(16-12(18)2)21(19,20)17(3)10-13-5-7-15-8-6-13/h11,13,15H,4-10H2,1-3H3. The molecule has 1 aliphatic rings. The third kappa shape index (κ3) is 3.84. The van der Waals surface area contributed by atoms with Crippen molar-refractivity contribution in [2.24, 2.45) is 5.92 Å². The number of imidazole rings is 1. The first-order valence-electron chi connectivity index (χ1n) is 7.66. The lowest BCUT2D eigenvalue weighted by Crippen LogP contribution is -2.37. The van der Waals surface area contributed by atoms with Gasteiger partial charge in [-0.25, -0.2) is 13.4 Å². The summed E-state index contributed by atoms with van der Waals surface area (Å²) in [6, 6.07) is 0. The van der Waals surface area contributed by atoms with E-state index in [0.29, 0.717) is 12.5 Å². The summed E-state index contributed by atoms with van der Waals surface area (Å²) < 4.78 is 28.6. The maximum absolute atomic E-state index is 12.6. The van der Waals surface area contributed by atoms with Crippen molar-refractivity contribution in [3.63, 3.8) is 0 Å². The van der Waals surface area contributed by atoms with Crippen molar-refractivity contribution in [2.75, 3.05) is 26.7 Å². The molecule has 0 amide bonds. The molecule has 0 aliphatic carbocycles. The Bertz CT molecular complexity index is 562. The molecule has 21 heavy (non-hydrogen) atoms. The molecule has 2 heterocycles. The Kier molecular flexibility index (Phi) is 5.40. The zero-order chi connectivity index (χ0) is 15.5. The third-order valence-corrected chi connectivity index (χ3v) is 5.76. The maximum Gasteiger partial charge on any atom is 0.261 e. The first-order valence-corrected chi connectivity index (χ1v) is 9.10. The average Bonchev–Trinajstić information content (AvgIpc) is 2.82. The van der Waals surface area contributed by atoms with E-state index in [1.54, 1.807) is 13.2 Å². The molecule has 0 bridgehead atoms. The van der Waals surface area contributed by atoms with E-state index in [1.165, 1.54) is 4.31 Å². The molecule has 6 nitrogen and oxygen atoms in total. The number of aromatic nitrogens is 2. The molecule has 1 aromatic heterocycles. The van der Waals surface area contributed by atoms with Gasteiger partial charge >= 0.3 is 0 Å². The molecular formula is C14H26N4O2S. The predicted molar refractivity (Wildman–Crippen MR) is 82.7 cm³/mol. The van der Waals surface area contributed by atoms with E-state index in [4.69, 9.17) is 0 Å². The number of piperidine rings is 1. The topological polar surface area (TPSA) is 67.2 Å². The first-order chi connectivity index (χ1) is 9.95. The second-order valence-corrected chi connectivity index (χ2v) is 7.79. The number of aryl methyl sites for hydroxylation is 2. The lowest BCUT2D eigenvalue weighted by atomic mass is 9.98. The highest BCUT2D eigenvalue weighted by atomic mass is 32.2. The molecule has 1 saturated heterocycles. The summed E-state index contributed by atoms with van der Waals surface area (Å²) in [5.74, 6) is 1.19. The van der Waals surface area contributed by atoms with Crippen LogP contribution in [-0.2, 0) is 16.6 Å². The van der Waals surface area contributed by atoms with E-state index in [0.717, 1.165) is 44.7 Å². The molecule has 0 atom stereocenters. The van der Waals surface area contributed by atoms with Gasteiger partial charge in [0.25, 0.3) is 10.0 Å². The molecule has 0 saturated carbocycles. The number of rotatable bonds is 6. The average molecular weight is 314 g/mol. The highest BCUT2D eigenvalue weighted by molar-refractivity contribution is 7.89. The molecule has 7 heteroatoms. The summed E-state index contributed by atoms with van der Waals surface area (Å²) in [6.45, 7) is 7.24. The van der Waals surface area contributed by atoms with Gasteiger partial charge in [-0.15, -0.1) is 0 Å². The zero-order valence-corrected chi connectivity index (χ0v) is 14.0. The van der Waals surface area contributed by atoms with Crippen molar-refractivity contribution in [3.8, 4) is 0 Å². The number of hydrogen-bond donors (Lipinski definition) is 1. The van der Waals surface area contributed by atoms with Crippen LogP contribution < -0.4 is 5.32 Å². The number of nitrogens with zero attached hydrogens (tertiary/aromatic N) is 3. The van der Waals surface area contributed by atoms with Crippen LogP contribution in [0.3, 0.4) is 0 Å². The Morgan fingerprint density at radius 3 is 2.71 bits per heavy atom. The van der Waals surface area contributed by atoms with Crippen LogP contribution >= 0.6 is 0 Å². The molecule has 0 unspecified atom stereocenters.